The number of benzene rings is 1. The van der Waals surface area contributed by atoms with Gasteiger partial charge < -0.3 is 20.1 Å². The number of methoxy groups -OCH3 is 2. The molecule has 142 valence electrons. The molecule has 0 amide bonds. The molecule has 1 atom stereocenters. The molecule has 0 bridgehead atoms. The Hall–Kier alpha value is -1.18. The minimum Gasteiger partial charge on any atom is -0.497 e. The van der Waals surface area contributed by atoms with Crippen molar-refractivity contribution in [1.29, 1.82) is 0 Å². The average Bonchev–Trinajstić information content (AvgIpc) is 3.42. The van der Waals surface area contributed by atoms with E-state index in [2.05, 4.69) is 24.5 Å². The van der Waals surface area contributed by atoms with Crippen molar-refractivity contribution >= 4 is 29.9 Å². The Bertz CT molecular complexity index is 547. The van der Waals surface area contributed by atoms with Crippen LogP contribution in [0.1, 0.15) is 51.1 Å². The predicted molar refractivity (Wildman–Crippen MR) is 114 cm³/mol. The van der Waals surface area contributed by atoms with E-state index in [0.29, 0.717) is 0 Å². The van der Waals surface area contributed by atoms with Crippen molar-refractivity contribution in [2.45, 2.75) is 45.6 Å². The van der Waals surface area contributed by atoms with Gasteiger partial charge in [0.25, 0.3) is 0 Å². The number of halogens is 1. The standard InChI is InChI=1S/C19H31N3O2.HI/c1-5-20-19(21-12-6-7-15-8-9-15)22-14(2)17-13-16(23-3)10-11-18(17)24-4;/h10-11,13-15H,5-9,12H2,1-4H3,(H2,20,21,22);1H. The molecular formula is C19H32IN3O2. The molecule has 2 N–H and O–H groups in total. The van der Waals surface area contributed by atoms with Gasteiger partial charge in [0.15, 0.2) is 5.96 Å². The molecule has 6 heteroatoms. The highest BCUT2D eigenvalue weighted by molar-refractivity contribution is 14.0. The summed E-state index contributed by atoms with van der Waals surface area (Å²) >= 11 is 0. The number of hydrogen-bond acceptors (Lipinski definition) is 3. The fraction of sp³-hybridized carbons (Fsp3) is 0.632. The summed E-state index contributed by atoms with van der Waals surface area (Å²) in [5, 5.41) is 6.79. The third kappa shape index (κ3) is 7.30. The first-order valence-electron chi connectivity index (χ1n) is 8.94. The van der Waals surface area contributed by atoms with Crippen LogP contribution in [-0.2, 0) is 0 Å². The molecule has 1 aliphatic carbocycles. The van der Waals surface area contributed by atoms with Crippen molar-refractivity contribution in [3.63, 3.8) is 0 Å². The van der Waals surface area contributed by atoms with Gasteiger partial charge in [-0.3, -0.25) is 4.99 Å². The molecule has 1 aromatic rings. The second-order valence-electron chi connectivity index (χ2n) is 6.32. The Morgan fingerprint density at radius 3 is 2.64 bits per heavy atom. The van der Waals surface area contributed by atoms with Gasteiger partial charge in [0.1, 0.15) is 11.5 Å². The van der Waals surface area contributed by atoms with Crippen LogP contribution in [0.25, 0.3) is 0 Å². The smallest absolute Gasteiger partial charge is 0.191 e. The first-order valence-corrected chi connectivity index (χ1v) is 8.94. The van der Waals surface area contributed by atoms with Crippen LogP contribution in [0, 0.1) is 5.92 Å². The Morgan fingerprint density at radius 2 is 2.04 bits per heavy atom. The van der Waals surface area contributed by atoms with Crippen LogP contribution >= 0.6 is 24.0 Å². The lowest BCUT2D eigenvalue weighted by Crippen LogP contribution is -2.39. The van der Waals surface area contributed by atoms with Gasteiger partial charge in [-0.05, 0) is 50.8 Å². The molecule has 25 heavy (non-hydrogen) atoms. The number of nitrogens with one attached hydrogen (secondary N) is 2. The fourth-order valence-corrected chi connectivity index (χ4v) is 2.76. The van der Waals surface area contributed by atoms with E-state index in [9.17, 15) is 0 Å². The molecule has 1 aliphatic rings. The largest absolute Gasteiger partial charge is 0.497 e. The van der Waals surface area contributed by atoms with Gasteiger partial charge in [0.2, 0.25) is 0 Å². The third-order valence-electron chi connectivity index (χ3n) is 4.34. The lowest BCUT2D eigenvalue weighted by Gasteiger charge is -2.20. The van der Waals surface area contributed by atoms with Crippen LogP contribution in [0.15, 0.2) is 23.2 Å². The maximum absolute atomic E-state index is 5.48. The summed E-state index contributed by atoms with van der Waals surface area (Å²) in [4.78, 5) is 4.70. The minimum absolute atomic E-state index is 0. The number of rotatable bonds is 9. The Balaban J connectivity index is 0.00000312. The molecule has 0 saturated heterocycles. The molecule has 5 nitrogen and oxygen atoms in total. The molecule has 1 fully saturated rings. The van der Waals surface area contributed by atoms with Gasteiger partial charge >= 0.3 is 0 Å². The SMILES string of the molecule is CCNC(=NCCCC1CC1)NC(C)c1cc(OC)ccc1OC.I. The molecule has 0 aliphatic heterocycles. The van der Waals surface area contributed by atoms with E-state index >= 15 is 0 Å². The zero-order valence-corrected chi connectivity index (χ0v) is 18.1. The van der Waals surface area contributed by atoms with E-state index < -0.39 is 0 Å². The van der Waals surface area contributed by atoms with E-state index in [1.54, 1.807) is 14.2 Å². The minimum atomic E-state index is 0. The number of guanidine groups is 1. The summed E-state index contributed by atoms with van der Waals surface area (Å²) in [5.74, 6) is 3.49. The van der Waals surface area contributed by atoms with E-state index in [1.165, 1.54) is 19.3 Å². The van der Waals surface area contributed by atoms with Crippen LogP contribution < -0.4 is 20.1 Å². The number of hydrogen-bond donors (Lipinski definition) is 2. The first kappa shape index (κ1) is 21.9. The third-order valence-corrected chi connectivity index (χ3v) is 4.34. The number of ether oxygens (including phenoxy) is 2. The van der Waals surface area contributed by atoms with Crippen LogP contribution in [0.4, 0.5) is 0 Å². The van der Waals surface area contributed by atoms with E-state index in [-0.39, 0.29) is 30.0 Å². The highest BCUT2D eigenvalue weighted by atomic mass is 127. The van der Waals surface area contributed by atoms with Gasteiger partial charge in [-0.15, -0.1) is 24.0 Å². The molecule has 0 aromatic heterocycles. The number of aliphatic imine (C=N–C) groups is 1. The van der Waals surface area contributed by atoms with E-state index in [4.69, 9.17) is 14.5 Å². The Morgan fingerprint density at radius 1 is 1.28 bits per heavy atom. The summed E-state index contributed by atoms with van der Waals surface area (Å²) in [7, 11) is 3.37. The summed E-state index contributed by atoms with van der Waals surface area (Å²) in [6.07, 6.45) is 5.30. The number of nitrogens with zero attached hydrogens (tertiary/aromatic N) is 1. The van der Waals surface area contributed by atoms with Crippen molar-refractivity contribution in [3.05, 3.63) is 23.8 Å². The summed E-state index contributed by atoms with van der Waals surface area (Å²) in [6, 6.07) is 5.92. The lowest BCUT2D eigenvalue weighted by atomic mass is 10.1. The van der Waals surface area contributed by atoms with Crippen molar-refractivity contribution in [1.82, 2.24) is 10.6 Å². The van der Waals surface area contributed by atoms with Crippen LogP contribution in [0.5, 0.6) is 11.5 Å². The Kier molecular flexibility index (Phi) is 10.0. The normalized spacial score (nSPS) is 15.1. The highest BCUT2D eigenvalue weighted by Crippen LogP contribution is 2.33. The first-order chi connectivity index (χ1) is 11.7. The van der Waals surface area contributed by atoms with Crippen LogP contribution in [-0.4, -0.2) is 33.3 Å². The van der Waals surface area contributed by atoms with Crippen LogP contribution in [0.2, 0.25) is 0 Å². The molecule has 1 saturated carbocycles. The zero-order valence-electron chi connectivity index (χ0n) is 15.8. The van der Waals surface area contributed by atoms with Crippen LogP contribution in [0.3, 0.4) is 0 Å². The summed E-state index contributed by atoms with van der Waals surface area (Å²) in [5.41, 5.74) is 1.06. The molecule has 0 spiro atoms. The molecule has 2 rings (SSSR count). The van der Waals surface area contributed by atoms with Gasteiger partial charge in [-0.2, -0.15) is 0 Å². The highest BCUT2D eigenvalue weighted by Gasteiger charge is 2.20. The lowest BCUT2D eigenvalue weighted by molar-refractivity contribution is 0.394. The van der Waals surface area contributed by atoms with E-state index in [1.807, 2.05) is 18.2 Å². The van der Waals surface area contributed by atoms with Gasteiger partial charge in [0.05, 0.1) is 20.3 Å². The van der Waals surface area contributed by atoms with Crippen molar-refractivity contribution < 1.29 is 9.47 Å². The van der Waals surface area contributed by atoms with Gasteiger partial charge in [0, 0.05) is 18.7 Å². The fourth-order valence-electron chi connectivity index (χ4n) is 2.76. The second kappa shape index (κ2) is 11.4. The second-order valence-corrected chi connectivity index (χ2v) is 6.32. The van der Waals surface area contributed by atoms with Gasteiger partial charge in [-0.1, -0.05) is 12.8 Å². The molecule has 0 radical (unpaired) electrons. The quantitative estimate of drug-likeness (QED) is 0.251. The molecule has 0 heterocycles. The monoisotopic (exact) mass is 461 g/mol. The Labute approximate surface area is 169 Å². The summed E-state index contributed by atoms with van der Waals surface area (Å²) in [6.45, 7) is 5.90. The van der Waals surface area contributed by atoms with Crippen molar-refractivity contribution in [2.75, 3.05) is 27.3 Å². The average molecular weight is 461 g/mol. The summed E-state index contributed by atoms with van der Waals surface area (Å²) < 4.78 is 10.8. The maximum atomic E-state index is 5.48. The molecule has 1 aromatic carbocycles. The topological polar surface area (TPSA) is 54.9 Å². The molecular weight excluding hydrogens is 429 g/mol. The zero-order chi connectivity index (χ0) is 17.4. The van der Waals surface area contributed by atoms with E-state index in [0.717, 1.165) is 48.5 Å². The maximum Gasteiger partial charge on any atom is 0.191 e. The van der Waals surface area contributed by atoms with Crippen molar-refractivity contribution in [3.8, 4) is 11.5 Å². The van der Waals surface area contributed by atoms with Crippen molar-refractivity contribution in [2.24, 2.45) is 10.9 Å². The van der Waals surface area contributed by atoms with Gasteiger partial charge in [-0.25, -0.2) is 0 Å². The predicted octanol–water partition coefficient (Wildman–Crippen LogP) is 4.13. The molecule has 1 unspecified atom stereocenters.